The predicted molar refractivity (Wildman–Crippen MR) is 132 cm³/mol. The minimum atomic E-state index is -0.501. The van der Waals surface area contributed by atoms with Gasteiger partial charge in [0, 0.05) is 28.9 Å². The molecule has 1 N–H and O–H groups in total. The number of benzene rings is 2. The quantitative estimate of drug-likeness (QED) is 0.437. The van der Waals surface area contributed by atoms with Crippen LogP contribution in [0.5, 0.6) is 0 Å². The molecule has 168 valence electrons. The van der Waals surface area contributed by atoms with Gasteiger partial charge in [0.2, 0.25) is 11.8 Å². The number of halogens is 2. The Balaban J connectivity index is 2.13. The fourth-order valence-corrected chi connectivity index (χ4v) is 4.73. The summed E-state index contributed by atoms with van der Waals surface area (Å²) in [7, 11) is 0. The number of amides is 2. The van der Waals surface area contributed by atoms with Crippen molar-refractivity contribution in [1.29, 1.82) is 0 Å². The topological polar surface area (TPSA) is 49.4 Å². The van der Waals surface area contributed by atoms with Crippen molar-refractivity contribution >= 4 is 46.8 Å². The average molecular weight is 481 g/mol. The number of aryl methyl sites for hydroxylation is 1. The van der Waals surface area contributed by atoms with Gasteiger partial charge in [0.1, 0.15) is 6.04 Å². The SMILES string of the molecule is CCCNC(=O)[C@@H](CC)N(Cc1cccc(C)c1)C(=O)CSCc1ccc(Cl)cc1Cl. The fourth-order valence-electron chi connectivity index (χ4n) is 3.26. The van der Waals surface area contributed by atoms with E-state index in [0.29, 0.717) is 35.3 Å². The first-order chi connectivity index (χ1) is 14.8. The maximum absolute atomic E-state index is 13.2. The molecule has 0 aliphatic carbocycles. The van der Waals surface area contributed by atoms with Crippen molar-refractivity contribution in [1.82, 2.24) is 10.2 Å². The van der Waals surface area contributed by atoms with Crippen LogP contribution in [0.25, 0.3) is 0 Å². The highest BCUT2D eigenvalue weighted by Crippen LogP contribution is 2.25. The van der Waals surface area contributed by atoms with Crippen LogP contribution in [0.15, 0.2) is 42.5 Å². The van der Waals surface area contributed by atoms with Gasteiger partial charge in [0.25, 0.3) is 0 Å². The lowest BCUT2D eigenvalue weighted by atomic mass is 10.1. The summed E-state index contributed by atoms with van der Waals surface area (Å²) in [4.78, 5) is 27.7. The Labute approximate surface area is 199 Å². The smallest absolute Gasteiger partial charge is 0.242 e. The first-order valence-corrected chi connectivity index (χ1v) is 12.4. The summed E-state index contributed by atoms with van der Waals surface area (Å²) >= 11 is 13.7. The Morgan fingerprint density at radius 1 is 1.13 bits per heavy atom. The molecule has 2 rings (SSSR count). The molecule has 7 heteroatoms. The molecule has 0 bridgehead atoms. The monoisotopic (exact) mass is 480 g/mol. The van der Waals surface area contributed by atoms with Crippen LogP contribution in [0.4, 0.5) is 0 Å². The van der Waals surface area contributed by atoms with Gasteiger partial charge in [0.15, 0.2) is 0 Å². The van der Waals surface area contributed by atoms with E-state index in [0.717, 1.165) is 23.1 Å². The summed E-state index contributed by atoms with van der Waals surface area (Å²) < 4.78 is 0. The number of carbonyl (C=O) groups is 2. The fraction of sp³-hybridized carbons (Fsp3) is 0.417. The lowest BCUT2D eigenvalue weighted by Gasteiger charge is -2.30. The zero-order chi connectivity index (χ0) is 22.8. The summed E-state index contributed by atoms with van der Waals surface area (Å²) in [6, 6.07) is 12.9. The number of hydrogen-bond donors (Lipinski definition) is 1. The molecule has 1 atom stereocenters. The molecule has 0 aliphatic rings. The Morgan fingerprint density at radius 2 is 1.90 bits per heavy atom. The predicted octanol–water partition coefficient (Wildman–Crippen LogP) is 5.87. The van der Waals surface area contributed by atoms with Crippen LogP contribution in [0.3, 0.4) is 0 Å². The summed E-state index contributed by atoms with van der Waals surface area (Å²) in [5.74, 6) is 0.701. The van der Waals surface area contributed by atoms with E-state index < -0.39 is 6.04 Å². The van der Waals surface area contributed by atoms with Crippen molar-refractivity contribution in [3.8, 4) is 0 Å². The molecule has 2 aromatic carbocycles. The van der Waals surface area contributed by atoms with E-state index in [2.05, 4.69) is 11.4 Å². The molecule has 0 spiro atoms. The summed E-state index contributed by atoms with van der Waals surface area (Å²) in [5, 5.41) is 4.12. The second-order valence-corrected chi connectivity index (χ2v) is 9.28. The van der Waals surface area contributed by atoms with E-state index in [1.165, 1.54) is 11.8 Å². The van der Waals surface area contributed by atoms with Gasteiger partial charge in [-0.3, -0.25) is 9.59 Å². The van der Waals surface area contributed by atoms with Crippen LogP contribution in [-0.4, -0.2) is 35.1 Å². The molecule has 0 radical (unpaired) electrons. The van der Waals surface area contributed by atoms with Crippen LogP contribution in [0.1, 0.15) is 43.4 Å². The Morgan fingerprint density at radius 3 is 2.55 bits per heavy atom. The van der Waals surface area contributed by atoms with Gasteiger partial charge in [0.05, 0.1) is 5.75 Å². The molecular formula is C24H30Cl2N2O2S. The number of nitrogens with one attached hydrogen (secondary N) is 1. The lowest BCUT2D eigenvalue weighted by Crippen LogP contribution is -2.49. The number of hydrogen-bond acceptors (Lipinski definition) is 3. The molecule has 0 aromatic heterocycles. The Bertz CT molecular complexity index is 892. The van der Waals surface area contributed by atoms with Crippen molar-refractivity contribution in [3.63, 3.8) is 0 Å². The molecule has 0 unspecified atom stereocenters. The van der Waals surface area contributed by atoms with E-state index >= 15 is 0 Å². The number of thioether (sulfide) groups is 1. The van der Waals surface area contributed by atoms with Gasteiger partial charge in [-0.1, -0.05) is 72.9 Å². The second-order valence-electron chi connectivity index (χ2n) is 7.45. The molecule has 2 amide bonds. The van der Waals surface area contributed by atoms with Crippen LogP contribution in [0.2, 0.25) is 10.0 Å². The normalized spacial score (nSPS) is 11.8. The largest absolute Gasteiger partial charge is 0.354 e. The van der Waals surface area contributed by atoms with Crippen molar-refractivity contribution in [3.05, 3.63) is 69.2 Å². The van der Waals surface area contributed by atoms with E-state index in [4.69, 9.17) is 23.2 Å². The maximum Gasteiger partial charge on any atom is 0.242 e. The molecule has 2 aromatic rings. The van der Waals surface area contributed by atoms with E-state index in [1.807, 2.05) is 45.0 Å². The molecule has 0 saturated carbocycles. The second kappa shape index (κ2) is 13.0. The van der Waals surface area contributed by atoms with Gasteiger partial charge in [-0.25, -0.2) is 0 Å². The van der Waals surface area contributed by atoms with Crippen LogP contribution < -0.4 is 5.32 Å². The minimum Gasteiger partial charge on any atom is -0.354 e. The van der Waals surface area contributed by atoms with E-state index in [9.17, 15) is 9.59 Å². The highest BCUT2D eigenvalue weighted by molar-refractivity contribution is 7.99. The number of carbonyl (C=O) groups excluding carboxylic acids is 2. The van der Waals surface area contributed by atoms with Gasteiger partial charge >= 0.3 is 0 Å². The van der Waals surface area contributed by atoms with Gasteiger partial charge in [-0.05, 0) is 43.0 Å². The highest BCUT2D eigenvalue weighted by atomic mass is 35.5. The molecule has 31 heavy (non-hydrogen) atoms. The van der Waals surface area contributed by atoms with Crippen molar-refractivity contribution in [2.24, 2.45) is 0 Å². The Hall–Kier alpha value is -1.69. The minimum absolute atomic E-state index is 0.0601. The summed E-state index contributed by atoms with van der Waals surface area (Å²) in [6.45, 7) is 6.97. The molecule has 0 fully saturated rings. The first kappa shape index (κ1) is 25.6. The molecular weight excluding hydrogens is 451 g/mol. The van der Waals surface area contributed by atoms with Gasteiger partial charge in [-0.15, -0.1) is 11.8 Å². The van der Waals surface area contributed by atoms with Gasteiger partial charge in [-0.2, -0.15) is 0 Å². The van der Waals surface area contributed by atoms with Crippen molar-refractivity contribution < 1.29 is 9.59 Å². The van der Waals surface area contributed by atoms with Crippen molar-refractivity contribution in [2.45, 2.75) is 52.0 Å². The third-order valence-electron chi connectivity index (χ3n) is 4.87. The zero-order valence-corrected chi connectivity index (χ0v) is 20.6. The van der Waals surface area contributed by atoms with Crippen LogP contribution in [-0.2, 0) is 21.9 Å². The molecule has 4 nitrogen and oxygen atoms in total. The molecule has 0 saturated heterocycles. The van der Waals surface area contributed by atoms with Gasteiger partial charge < -0.3 is 10.2 Å². The maximum atomic E-state index is 13.2. The first-order valence-electron chi connectivity index (χ1n) is 10.5. The molecule has 0 aliphatic heterocycles. The third-order valence-corrected chi connectivity index (χ3v) is 6.42. The average Bonchev–Trinajstić information content (AvgIpc) is 2.73. The number of nitrogens with zero attached hydrogens (tertiary/aromatic N) is 1. The number of rotatable bonds is 11. The van der Waals surface area contributed by atoms with E-state index in [1.54, 1.807) is 17.0 Å². The van der Waals surface area contributed by atoms with Crippen molar-refractivity contribution in [2.75, 3.05) is 12.3 Å². The zero-order valence-electron chi connectivity index (χ0n) is 18.3. The van der Waals surface area contributed by atoms with E-state index in [-0.39, 0.29) is 17.6 Å². The molecule has 0 heterocycles. The Kier molecular flexibility index (Phi) is 10.7. The summed E-state index contributed by atoms with van der Waals surface area (Å²) in [6.07, 6.45) is 1.41. The summed E-state index contributed by atoms with van der Waals surface area (Å²) in [5.41, 5.74) is 3.07. The highest BCUT2D eigenvalue weighted by Gasteiger charge is 2.28. The lowest BCUT2D eigenvalue weighted by molar-refractivity contribution is -0.139. The standard InChI is InChI=1S/C24H30Cl2N2O2S/c1-4-11-27-24(30)22(5-2)28(14-18-8-6-7-17(3)12-18)23(29)16-31-15-19-9-10-20(25)13-21(19)26/h6-10,12-13,22H,4-5,11,14-16H2,1-3H3,(H,27,30)/t22-/m1/s1. The van der Waals surface area contributed by atoms with Crippen LogP contribution in [0, 0.1) is 6.92 Å². The third kappa shape index (κ3) is 8.06. The van der Waals surface area contributed by atoms with Crippen LogP contribution >= 0.6 is 35.0 Å².